The van der Waals surface area contributed by atoms with E-state index in [4.69, 9.17) is 4.55 Å². The van der Waals surface area contributed by atoms with Crippen molar-refractivity contribution in [1.82, 2.24) is 4.90 Å². The molecule has 4 nitrogen and oxygen atoms in total. The van der Waals surface area contributed by atoms with Crippen LogP contribution >= 0.6 is 0 Å². The second-order valence-corrected chi connectivity index (χ2v) is 6.29. The molecule has 1 rings (SSSR count). The molecule has 1 aliphatic heterocycles. The van der Waals surface area contributed by atoms with Gasteiger partial charge in [-0.25, -0.2) is 0 Å². The van der Waals surface area contributed by atoms with Crippen molar-refractivity contribution in [2.75, 3.05) is 19.3 Å². The van der Waals surface area contributed by atoms with Crippen LogP contribution in [0.1, 0.15) is 52.4 Å². The highest BCUT2D eigenvalue weighted by Gasteiger charge is 2.18. The van der Waals surface area contributed by atoms with Crippen LogP contribution in [-0.4, -0.2) is 43.3 Å². The lowest BCUT2D eigenvalue weighted by Crippen LogP contribution is -2.27. The van der Waals surface area contributed by atoms with Crippen molar-refractivity contribution in [3.8, 4) is 0 Å². The van der Waals surface area contributed by atoms with Gasteiger partial charge in [0.05, 0.1) is 6.26 Å². The number of rotatable bonds is 5. The van der Waals surface area contributed by atoms with Crippen LogP contribution in [0.25, 0.3) is 0 Å². The summed E-state index contributed by atoms with van der Waals surface area (Å²) in [5.41, 5.74) is 0. The van der Waals surface area contributed by atoms with Gasteiger partial charge < -0.3 is 4.90 Å². The van der Waals surface area contributed by atoms with Gasteiger partial charge in [0.2, 0.25) is 0 Å². The third-order valence-corrected chi connectivity index (χ3v) is 2.99. The first-order valence-electron chi connectivity index (χ1n) is 6.51. The van der Waals surface area contributed by atoms with Crippen molar-refractivity contribution in [2.24, 2.45) is 0 Å². The van der Waals surface area contributed by atoms with E-state index in [1.165, 1.54) is 51.6 Å². The van der Waals surface area contributed by atoms with E-state index in [0.717, 1.165) is 6.04 Å². The molecule has 1 N–H and O–H groups in total. The van der Waals surface area contributed by atoms with E-state index in [9.17, 15) is 8.42 Å². The predicted octanol–water partition coefficient (Wildman–Crippen LogP) is 2.56. The Balaban J connectivity index is 0.000000437. The molecule has 0 aromatic carbocycles. The van der Waals surface area contributed by atoms with Gasteiger partial charge in [-0.3, -0.25) is 4.55 Å². The number of likely N-dealkylation sites (tertiary alicyclic amines) is 1. The molecule has 1 heterocycles. The standard InChI is InChI=1S/C11H23N.CH4O3S/c1-3-4-5-6-9-12-10-7-8-11(12)2;1-5(2,3)4/h11H,3-10H2,1-2H3;1H3,(H,2,3,4). The summed E-state index contributed by atoms with van der Waals surface area (Å²) < 4.78 is 25.9. The highest BCUT2D eigenvalue weighted by molar-refractivity contribution is 7.85. The number of hydrogen-bond acceptors (Lipinski definition) is 3. The highest BCUT2D eigenvalue weighted by atomic mass is 32.2. The summed E-state index contributed by atoms with van der Waals surface area (Å²) in [6.45, 7) is 7.35. The molecule has 1 saturated heterocycles. The topological polar surface area (TPSA) is 57.6 Å². The van der Waals surface area contributed by atoms with Crippen LogP contribution in [0.3, 0.4) is 0 Å². The van der Waals surface area contributed by atoms with Gasteiger partial charge in [0.25, 0.3) is 10.1 Å². The molecule has 1 fully saturated rings. The van der Waals surface area contributed by atoms with Crippen LogP contribution in [-0.2, 0) is 10.1 Å². The fourth-order valence-electron chi connectivity index (χ4n) is 2.07. The Morgan fingerprint density at radius 1 is 1.29 bits per heavy atom. The zero-order chi connectivity index (χ0) is 13.3. The van der Waals surface area contributed by atoms with Crippen LogP contribution < -0.4 is 0 Å². The van der Waals surface area contributed by atoms with Crippen molar-refractivity contribution in [3.05, 3.63) is 0 Å². The van der Waals surface area contributed by atoms with Crippen LogP contribution in [0.4, 0.5) is 0 Å². The zero-order valence-corrected chi connectivity index (χ0v) is 12.2. The Morgan fingerprint density at radius 3 is 2.29 bits per heavy atom. The molecule has 0 aromatic rings. The van der Waals surface area contributed by atoms with Crippen molar-refractivity contribution < 1.29 is 13.0 Å². The Bertz CT molecular complexity index is 269. The van der Waals surface area contributed by atoms with Gasteiger partial charge in [-0.1, -0.05) is 26.2 Å². The molecule has 0 aliphatic carbocycles. The number of nitrogens with zero attached hydrogens (tertiary/aromatic N) is 1. The quantitative estimate of drug-likeness (QED) is 0.613. The molecule has 0 radical (unpaired) electrons. The summed E-state index contributed by atoms with van der Waals surface area (Å²) in [5, 5.41) is 0. The molecular formula is C12H27NO3S. The molecule has 0 bridgehead atoms. The SMILES string of the molecule is CCCCCCN1CCCC1C.CS(=O)(=O)O. The lowest BCUT2D eigenvalue weighted by Gasteiger charge is -2.20. The van der Waals surface area contributed by atoms with Gasteiger partial charge in [-0.2, -0.15) is 8.42 Å². The Kier molecular flexibility index (Phi) is 8.82. The Hall–Kier alpha value is -0.130. The lowest BCUT2D eigenvalue weighted by atomic mass is 10.2. The number of unbranched alkanes of at least 4 members (excludes halogenated alkanes) is 3. The average molecular weight is 265 g/mol. The Labute approximate surface area is 106 Å². The molecule has 0 amide bonds. The van der Waals surface area contributed by atoms with E-state index in [2.05, 4.69) is 18.7 Å². The van der Waals surface area contributed by atoms with E-state index in [0.29, 0.717) is 6.26 Å². The minimum atomic E-state index is -3.67. The zero-order valence-electron chi connectivity index (χ0n) is 11.4. The van der Waals surface area contributed by atoms with E-state index in [1.54, 1.807) is 0 Å². The van der Waals surface area contributed by atoms with Gasteiger partial charge >= 0.3 is 0 Å². The monoisotopic (exact) mass is 265 g/mol. The summed E-state index contributed by atoms with van der Waals surface area (Å²) in [6.07, 6.45) is 9.19. The molecule has 0 aromatic heterocycles. The van der Waals surface area contributed by atoms with E-state index in [-0.39, 0.29) is 0 Å². The van der Waals surface area contributed by atoms with Crippen LogP contribution in [0, 0.1) is 0 Å². The summed E-state index contributed by atoms with van der Waals surface area (Å²) in [6, 6.07) is 0.867. The molecule has 1 atom stereocenters. The van der Waals surface area contributed by atoms with Crippen LogP contribution in [0.5, 0.6) is 0 Å². The largest absolute Gasteiger partial charge is 0.301 e. The van der Waals surface area contributed by atoms with E-state index >= 15 is 0 Å². The maximum Gasteiger partial charge on any atom is 0.261 e. The fourth-order valence-corrected chi connectivity index (χ4v) is 2.07. The fraction of sp³-hybridized carbons (Fsp3) is 1.00. The average Bonchev–Trinajstić information content (AvgIpc) is 2.57. The molecule has 1 aliphatic rings. The third-order valence-electron chi connectivity index (χ3n) is 2.99. The minimum Gasteiger partial charge on any atom is -0.301 e. The van der Waals surface area contributed by atoms with Gasteiger partial charge in [0, 0.05) is 6.04 Å². The maximum absolute atomic E-state index is 9.19. The molecule has 1 unspecified atom stereocenters. The molecule has 5 heteroatoms. The van der Waals surface area contributed by atoms with Crippen LogP contribution in [0.2, 0.25) is 0 Å². The molecule has 0 spiro atoms. The molecular weight excluding hydrogens is 238 g/mol. The van der Waals surface area contributed by atoms with Crippen molar-refractivity contribution >= 4 is 10.1 Å². The van der Waals surface area contributed by atoms with Crippen LogP contribution in [0.15, 0.2) is 0 Å². The predicted molar refractivity (Wildman–Crippen MR) is 71.9 cm³/mol. The first-order chi connectivity index (χ1) is 7.84. The second-order valence-electron chi connectivity index (χ2n) is 4.82. The first kappa shape index (κ1) is 16.9. The summed E-state index contributed by atoms with van der Waals surface area (Å²) in [5.74, 6) is 0. The normalized spacial score (nSPS) is 21.1. The summed E-state index contributed by atoms with van der Waals surface area (Å²) >= 11 is 0. The van der Waals surface area contributed by atoms with E-state index < -0.39 is 10.1 Å². The molecule has 104 valence electrons. The van der Waals surface area contributed by atoms with E-state index in [1.807, 2.05) is 0 Å². The summed E-state index contributed by atoms with van der Waals surface area (Å²) in [7, 11) is -3.67. The van der Waals surface area contributed by atoms with Gasteiger partial charge in [0.15, 0.2) is 0 Å². The van der Waals surface area contributed by atoms with Gasteiger partial charge in [0.1, 0.15) is 0 Å². The summed E-state index contributed by atoms with van der Waals surface area (Å²) in [4.78, 5) is 2.65. The molecule has 0 saturated carbocycles. The van der Waals surface area contributed by atoms with Crippen molar-refractivity contribution in [1.29, 1.82) is 0 Å². The lowest BCUT2D eigenvalue weighted by molar-refractivity contribution is 0.262. The smallest absolute Gasteiger partial charge is 0.261 e. The molecule has 17 heavy (non-hydrogen) atoms. The maximum atomic E-state index is 9.19. The van der Waals surface area contributed by atoms with Gasteiger partial charge in [-0.15, -0.1) is 0 Å². The Morgan fingerprint density at radius 2 is 1.88 bits per heavy atom. The van der Waals surface area contributed by atoms with Gasteiger partial charge in [-0.05, 0) is 39.3 Å². The first-order valence-corrected chi connectivity index (χ1v) is 8.36. The number of hydrogen-bond donors (Lipinski definition) is 1. The highest BCUT2D eigenvalue weighted by Crippen LogP contribution is 2.16. The second kappa shape index (κ2) is 8.89. The third kappa shape index (κ3) is 12.1. The van der Waals surface area contributed by atoms with Crippen molar-refractivity contribution in [2.45, 2.75) is 58.4 Å². The minimum absolute atomic E-state index is 0.715. The van der Waals surface area contributed by atoms with Crippen molar-refractivity contribution in [3.63, 3.8) is 0 Å².